The fourth-order valence-corrected chi connectivity index (χ4v) is 4.26. The van der Waals surface area contributed by atoms with Crippen LogP contribution in [0.3, 0.4) is 0 Å². The Morgan fingerprint density at radius 3 is 2.44 bits per heavy atom. The van der Waals surface area contributed by atoms with Gasteiger partial charge in [-0.15, -0.1) is 0 Å². The summed E-state index contributed by atoms with van der Waals surface area (Å²) in [5.74, 6) is 0.482. The lowest BCUT2D eigenvalue weighted by Crippen LogP contribution is -2.48. The highest BCUT2D eigenvalue weighted by Gasteiger charge is 2.34. The lowest BCUT2D eigenvalue weighted by Gasteiger charge is -2.36. The molecule has 1 fully saturated rings. The van der Waals surface area contributed by atoms with Crippen LogP contribution >= 0.6 is 15.9 Å². The lowest BCUT2D eigenvalue weighted by atomic mass is 9.96. The minimum absolute atomic E-state index is 0.000904. The molecule has 0 aromatic heterocycles. The Morgan fingerprint density at radius 2 is 1.81 bits per heavy atom. The summed E-state index contributed by atoms with van der Waals surface area (Å²) in [6.07, 6.45) is 1.14. The van der Waals surface area contributed by atoms with E-state index >= 15 is 0 Å². The van der Waals surface area contributed by atoms with Gasteiger partial charge in [-0.05, 0) is 79.4 Å². The van der Waals surface area contributed by atoms with Crippen molar-refractivity contribution in [1.29, 1.82) is 0 Å². The zero-order valence-electron chi connectivity index (χ0n) is 19.1. The summed E-state index contributed by atoms with van der Waals surface area (Å²) in [7, 11) is 1.63. The van der Waals surface area contributed by atoms with E-state index in [1.807, 2.05) is 69.3 Å². The normalized spacial score (nSPS) is 16.4. The lowest BCUT2D eigenvalue weighted by molar-refractivity contribution is -0.124. The van der Waals surface area contributed by atoms with E-state index in [1.54, 1.807) is 16.9 Å². The first-order valence-electron chi connectivity index (χ1n) is 10.8. The maximum absolute atomic E-state index is 13.7. The second-order valence-electron chi connectivity index (χ2n) is 8.99. The van der Waals surface area contributed by atoms with Crippen LogP contribution in [-0.4, -0.2) is 42.7 Å². The fraction of sp³-hybridized carbons (Fsp3) is 0.440. The Hall–Kier alpha value is -2.54. The number of amides is 2. The number of halogens is 1. The van der Waals surface area contributed by atoms with Gasteiger partial charge in [0.2, 0.25) is 5.91 Å². The van der Waals surface area contributed by atoms with Crippen LogP contribution in [0.15, 0.2) is 53.0 Å². The van der Waals surface area contributed by atoms with Gasteiger partial charge in [0.1, 0.15) is 11.4 Å². The van der Waals surface area contributed by atoms with Gasteiger partial charge in [0.05, 0.1) is 25.3 Å². The van der Waals surface area contributed by atoms with E-state index in [9.17, 15) is 9.59 Å². The molecule has 0 radical (unpaired) electrons. The van der Waals surface area contributed by atoms with Gasteiger partial charge in [-0.2, -0.15) is 0 Å². The molecule has 1 saturated heterocycles. The molecular formula is C25H31BrN2O4. The van der Waals surface area contributed by atoms with Crippen LogP contribution in [0.1, 0.15) is 39.2 Å². The molecule has 1 aliphatic heterocycles. The number of para-hydroxylation sites is 1. The number of benzene rings is 2. The molecule has 0 aliphatic carbocycles. The molecule has 7 heteroatoms. The van der Waals surface area contributed by atoms with Crippen molar-refractivity contribution in [3.8, 4) is 5.75 Å². The smallest absolute Gasteiger partial charge is 0.410 e. The van der Waals surface area contributed by atoms with E-state index in [2.05, 4.69) is 15.9 Å². The molecule has 1 atom stereocenters. The van der Waals surface area contributed by atoms with Crippen molar-refractivity contribution in [3.05, 3.63) is 58.6 Å². The molecule has 2 aromatic rings. The number of carbonyl (C=O) groups excluding carboxylic acids is 2. The molecule has 2 aromatic carbocycles. The van der Waals surface area contributed by atoms with Gasteiger partial charge in [-0.25, -0.2) is 4.79 Å². The second-order valence-corrected chi connectivity index (χ2v) is 9.84. The van der Waals surface area contributed by atoms with Gasteiger partial charge in [-0.3, -0.25) is 4.79 Å². The van der Waals surface area contributed by atoms with E-state index in [1.165, 1.54) is 0 Å². The summed E-state index contributed by atoms with van der Waals surface area (Å²) in [5, 5.41) is 0. The number of carbonyl (C=O) groups is 2. The number of hydrogen-bond donors (Lipinski definition) is 0. The van der Waals surface area contributed by atoms with E-state index in [0.29, 0.717) is 19.6 Å². The summed E-state index contributed by atoms with van der Waals surface area (Å²) < 4.78 is 11.6. The second kappa shape index (κ2) is 10.4. The first kappa shape index (κ1) is 24.1. The van der Waals surface area contributed by atoms with Crippen molar-refractivity contribution in [3.63, 3.8) is 0 Å². The maximum atomic E-state index is 13.7. The van der Waals surface area contributed by atoms with Crippen LogP contribution in [-0.2, 0) is 16.1 Å². The number of anilines is 1. The number of hydrogen-bond acceptors (Lipinski definition) is 4. The highest BCUT2D eigenvalue weighted by Crippen LogP contribution is 2.31. The van der Waals surface area contributed by atoms with E-state index in [0.717, 1.165) is 34.3 Å². The topological polar surface area (TPSA) is 59.1 Å². The van der Waals surface area contributed by atoms with E-state index < -0.39 is 5.60 Å². The highest BCUT2D eigenvalue weighted by molar-refractivity contribution is 9.10. The summed E-state index contributed by atoms with van der Waals surface area (Å²) in [6, 6.07) is 15.4. The summed E-state index contributed by atoms with van der Waals surface area (Å²) in [4.78, 5) is 29.8. The van der Waals surface area contributed by atoms with Crippen molar-refractivity contribution in [2.24, 2.45) is 5.92 Å². The van der Waals surface area contributed by atoms with Crippen LogP contribution in [0.2, 0.25) is 0 Å². The molecule has 32 heavy (non-hydrogen) atoms. The number of ether oxygens (including phenoxy) is 2. The van der Waals surface area contributed by atoms with Crippen molar-refractivity contribution < 1.29 is 19.1 Å². The zero-order chi connectivity index (χ0) is 23.3. The quantitative estimate of drug-likeness (QED) is 0.530. The van der Waals surface area contributed by atoms with Gasteiger partial charge >= 0.3 is 6.09 Å². The third-order valence-corrected chi connectivity index (χ3v) is 6.00. The molecule has 1 aliphatic rings. The molecule has 172 valence electrons. The average Bonchev–Trinajstić information content (AvgIpc) is 2.77. The van der Waals surface area contributed by atoms with Gasteiger partial charge in [0, 0.05) is 17.6 Å². The molecule has 0 spiro atoms. The molecule has 2 amide bonds. The Balaban J connectivity index is 1.82. The van der Waals surface area contributed by atoms with E-state index in [-0.39, 0.29) is 17.9 Å². The molecule has 1 heterocycles. The summed E-state index contributed by atoms with van der Waals surface area (Å²) in [6.45, 7) is 6.93. The molecule has 1 unspecified atom stereocenters. The van der Waals surface area contributed by atoms with Crippen LogP contribution in [0.25, 0.3) is 0 Å². The predicted octanol–water partition coefficient (Wildman–Crippen LogP) is 5.64. The average molecular weight is 503 g/mol. The summed E-state index contributed by atoms with van der Waals surface area (Å²) in [5.41, 5.74) is 1.24. The minimum Gasteiger partial charge on any atom is -0.497 e. The monoisotopic (exact) mass is 502 g/mol. The number of piperidine rings is 1. The summed E-state index contributed by atoms with van der Waals surface area (Å²) >= 11 is 3.60. The van der Waals surface area contributed by atoms with Gasteiger partial charge < -0.3 is 19.3 Å². The largest absolute Gasteiger partial charge is 0.497 e. The Bertz CT molecular complexity index is 940. The molecule has 0 N–H and O–H groups in total. The van der Waals surface area contributed by atoms with Crippen molar-refractivity contribution in [2.75, 3.05) is 25.1 Å². The number of likely N-dealkylation sites (tertiary alicyclic amines) is 1. The number of methoxy groups -OCH3 is 1. The van der Waals surface area contributed by atoms with Crippen LogP contribution in [0.4, 0.5) is 10.5 Å². The molecule has 6 nitrogen and oxygen atoms in total. The first-order valence-corrected chi connectivity index (χ1v) is 11.6. The Morgan fingerprint density at radius 1 is 1.12 bits per heavy atom. The number of nitrogens with zero attached hydrogens (tertiary/aromatic N) is 2. The van der Waals surface area contributed by atoms with Crippen molar-refractivity contribution >= 4 is 33.6 Å². The Labute approximate surface area is 198 Å². The SMILES string of the molecule is COc1ccc(CN(C(=O)C2CCCN(C(=O)OC(C)(C)C)C2)c2ccccc2Br)cc1. The van der Waals surface area contributed by atoms with Crippen LogP contribution < -0.4 is 9.64 Å². The van der Waals surface area contributed by atoms with E-state index in [4.69, 9.17) is 9.47 Å². The molecular weight excluding hydrogens is 472 g/mol. The van der Waals surface area contributed by atoms with Crippen molar-refractivity contribution in [1.82, 2.24) is 4.90 Å². The van der Waals surface area contributed by atoms with Crippen molar-refractivity contribution in [2.45, 2.75) is 45.8 Å². The molecule has 0 saturated carbocycles. The van der Waals surface area contributed by atoms with Gasteiger partial charge in [0.15, 0.2) is 0 Å². The minimum atomic E-state index is -0.566. The van der Waals surface area contributed by atoms with Crippen LogP contribution in [0.5, 0.6) is 5.75 Å². The number of rotatable bonds is 5. The predicted molar refractivity (Wildman–Crippen MR) is 129 cm³/mol. The molecule has 3 rings (SSSR count). The third kappa shape index (κ3) is 6.25. The maximum Gasteiger partial charge on any atom is 0.410 e. The van der Waals surface area contributed by atoms with Gasteiger partial charge in [0.25, 0.3) is 0 Å². The van der Waals surface area contributed by atoms with Gasteiger partial charge in [-0.1, -0.05) is 24.3 Å². The standard InChI is InChI=1S/C25H31BrN2O4/c1-25(2,3)32-24(30)27-15-7-8-19(17-27)23(29)28(22-10-6-5-9-21(22)26)16-18-11-13-20(31-4)14-12-18/h5-6,9-14,19H,7-8,15-17H2,1-4H3. The highest BCUT2D eigenvalue weighted by atomic mass is 79.9. The van der Waals surface area contributed by atoms with Crippen LogP contribution in [0, 0.1) is 5.92 Å². The Kier molecular flexibility index (Phi) is 7.82. The molecule has 0 bridgehead atoms. The fourth-order valence-electron chi connectivity index (χ4n) is 3.76. The first-order chi connectivity index (χ1) is 15.2. The zero-order valence-corrected chi connectivity index (χ0v) is 20.7. The third-order valence-electron chi connectivity index (χ3n) is 5.33.